The predicted molar refractivity (Wildman–Crippen MR) is 98.0 cm³/mol. The summed E-state index contributed by atoms with van der Waals surface area (Å²) in [6, 6.07) is 0. The van der Waals surface area contributed by atoms with Crippen LogP contribution in [-0.2, 0) is 9.59 Å². The van der Waals surface area contributed by atoms with Crippen molar-refractivity contribution in [3.05, 3.63) is 0 Å². The first kappa shape index (κ1) is 22.2. The van der Waals surface area contributed by atoms with E-state index in [4.69, 9.17) is 19.8 Å². The lowest BCUT2D eigenvalue weighted by Gasteiger charge is -2.20. The molecule has 1 saturated heterocycles. The maximum atomic E-state index is 9.10. The monoisotopic (exact) mass is 361 g/mol. The average Bonchev–Trinajstić information content (AvgIpc) is 2.56. The van der Waals surface area contributed by atoms with Gasteiger partial charge in [-0.2, -0.15) is 0 Å². The first-order valence-electron chi connectivity index (χ1n) is 7.88. The van der Waals surface area contributed by atoms with Crippen LogP contribution < -0.4 is 0 Å². The second-order valence-electron chi connectivity index (χ2n) is 4.84. The van der Waals surface area contributed by atoms with Crippen LogP contribution in [0.15, 0.2) is 0 Å². The molecule has 23 heavy (non-hydrogen) atoms. The van der Waals surface area contributed by atoms with Crippen molar-refractivity contribution in [2.24, 2.45) is 0 Å². The van der Waals surface area contributed by atoms with Crippen LogP contribution in [0.3, 0.4) is 0 Å². The fraction of sp³-hybridized carbons (Fsp3) is 0.750. The molecule has 0 radical (unpaired) electrons. The molecule has 0 atom stereocenters. The standard InChI is InChI=1S/C14H25NS2.C2H2O4/c1-3-15(4-2)11-8-6-5-7-10-14-16-12-9-13-17-14;3-1(4)2(5)6/h14H,3-5,7,9-13H2,1-2H3;(H,3,4)(H,5,6). The van der Waals surface area contributed by atoms with Crippen LogP contribution in [0.5, 0.6) is 0 Å². The minimum Gasteiger partial charge on any atom is -0.473 e. The minimum absolute atomic E-state index is 0.855. The Hall–Kier alpha value is -0.840. The zero-order valence-electron chi connectivity index (χ0n) is 13.9. The van der Waals surface area contributed by atoms with Crippen LogP contribution >= 0.6 is 23.5 Å². The zero-order chi connectivity index (χ0) is 17.5. The van der Waals surface area contributed by atoms with Gasteiger partial charge in [-0.15, -0.1) is 29.4 Å². The van der Waals surface area contributed by atoms with Crippen molar-refractivity contribution < 1.29 is 19.8 Å². The Balaban J connectivity index is 0.000000688. The van der Waals surface area contributed by atoms with Crippen molar-refractivity contribution in [3.8, 4) is 11.8 Å². The van der Waals surface area contributed by atoms with Crippen molar-refractivity contribution in [3.63, 3.8) is 0 Å². The van der Waals surface area contributed by atoms with Gasteiger partial charge >= 0.3 is 11.9 Å². The molecule has 1 heterocycles. The topological polar surface area (TPSA) is 77.8 Å². The normalized spacial score (nSPS) is 14.4. The van der Waals surface area contributed by atoms with Crippen LogP contribution in [0.1, 0.15) is 39.5 Å². The van der Waals surface area contributed by atoms with E-state index in [1.165, 1.54) is 30.8 Å². The van der Waals surface area contributed by atoms with Crippen LogP contribution in [0, 0.1) is 11.8 Å². The molecule has 0 amide bonds. The first-order chi connectivity index (χ1) is 11.0. The molecular weight excluding hydrogens is 334 g/mol. The van der Waals surface area contributed by atoms with E-state index in [9.17, 15) is 0 Å². The maximum Gasteiger partial charge on any atom is 0.414 e. The fourth-order valence-corrected chi connectivity index (χ4v) is 4.72. The van der Waals surface area contributed by atoms with Crippen molar-refractivity contribution in [1.82, 2.24) is 4.90 Å². The van der Waals surface area contributed by atoms with Gasteiger partial charge in [-0.05, 0) is 43.9 Å². The third kappa shape index (κ3) is 13.3. The molecule has 132 valence electrons. The molecule has 1 aliphatic heterocycles. The molecule has 1 aliphatic rings. The summed E-state index contributed by atoms with van der Waals surface area (Å²) < 4.78 is 0.855. The number of rotatable bonds is 6. The molecule has 0 aliphatic carbocycles. The largest absolute Gasteiger partial charge is 0.473 e. The zero-order valence-corrected chi connectivity index (χ0v) is 15.5. The molecule has 0 aromatic heterocycles. The van der Waals surface area contributed by atoms with E-state index in [0.717, 1.165) is 30.6 Å². The van der Waals surface area contributed by atoms with Gasteiger partial charge in [-0.25, -0.2) is 9.59 Å². The SMILES string of the molecule is CCN(CC)CC#CCCCC1SCCCS1.O=C(O)C(=O)O. The van der Waals surface area contributed by atoms with E-state index in [-0.39, 0.29) is 0 Å². The molecule has 0 aromatic rings. The quantitative estimate of drug-likeness (QED) is 0.428. The molecule has 7 heteroatoms. The molecule has 1 rings (SSSR count). The summed E-state index contributed by atoms with van der Waals surface area (Å²) in [5.74, 6) is 5.69. The van der Waals surface area contributed by atoms with Crippen LogP contribution in [0.25, 0.3) is 0 Å². The second kappa shape index (κ2) is 14.7. The molecule has 0 spiro atoms. The summed E-state index contributed by atoms with van der Waals surface area (Å²) >= 11 is 4.29. The molecule has 1 fully saturated rings. The number of hydrogen-bond donors (Lipinski definition) is 2. The molecule has 5 nitrogen and oxygen atoms in total. The Morgan fingerprint density at radius 3 is 2.13 bits per heavy atom. The van der Waals surface area contributed by atoms with Gasteiger partial charge in [0.1, 0.15) is 0 Å². The van der Waals surface area contributed by atoms with Gasteiger partial charge in [0.2, 0.25) is 0 Å². The number of carboxylic acids is 2. The van der Waals surface area contributed by atoms with Crippen molar-refractivity contribution in [1.29, 1.82) is 0 Å². The van der Waals surface area contributed by atoms with E-state index in [2.05, 4.69) is 54.1 Å². The number of thioether (sulfide) groups is 2. The van der Waals surface area contributed by atoms with Gasteiger partial charge in [-0.1, -0.05) is 19.8 Å². The van der Waals surface area contributed by atoms with Gasteiger partial charge in [0.15, 0.2) is 0 Å². The van der Waals surface area contributed by atoms with Gasteiger partial charge in [0.05, 0.1) is 11.1 Å². The minimum atomic E-state index is -1.82. The molecule has 0 bridgehead atoms. The number of carboxylic acid groups (broad SMARTS) is 2. The van der Waals surface area contributed by atoms with E-state index in [1.807, 2.05) is 0 Å². The third-order valence-electron chi connectivity index (χ3n) is 3.14. The summed E-state index contributed by atoms with van der Waals surface area (Å²) in [7, 11) is 0. The highest BCUT2D eigenvalue weighted by Crippen LogP contribution is 2.33. The van der Waals surface area contributed by atoms with Crippen LogP contribution in [-0.4, -0.2) is 62.8 Å². The molecule has 0 unspecified atom stereocenters. The fourth-order valence-electron chi connectivity index (χ4n) is 1.76. The van der Waals surface area contributed by atoms with Gasteiger partial charge in [0, 0.05) is 6.42 Å². The Labute approximate surface area is 147 Å². The summed E-state index contributed by atoms with van der Waals surface area (Å²) in [6.45, 7) is 7.56. The number of hydrogen-bond acceptors (Lipinski definition) is 5. The van der Waals surface area contributed by atoms with Crippen LogP contribution in [0.4, 0.5) is 0 Å². The van der Waals surface area contributed by atoms with E-state index >= 15 is 0 Å². The average molecular weight is 362 g/mol. The second-order valence-corrected chi connectivity index (χ2v) is 7.76. The van der Waals surface area contributed by atoms with Crippen molar-refractivity contribution in [2.75, 3.05) is 31.1 Å². The van der Waals surface area contributed by atoms with Crippen molar-refractivity contribution >= 4 is 35.5 Å². The molecule has 2 N–H and O–H groups in total. The highest BCUT2D eigenvalue weighted by Gasteiger charge is 2.12. The summed E-state index contributed by atoms with van der Waals surface area (Å²) in [6.07, 6.45) is 5.10. The summed E-state index contributed by atoms with van der Waals surface area (Å²) in [5, 5.41) is 14.8. The molecular formula is C16H27NO4S2. The highest BCUT2D eigenvalue weighted by atomic mass is 32.2. The van der Waals surface area contributed by atoms with Crippen LogP contribution in [0.2, 0.25) is 0 Å². The lowest BCUT2D eigenvalue weighted by Crippen LogP contribution is -2.22. The number of nitrogens with zero attached hydrogens (tertiary/aromatic N) is 1. The Morgan fingerprint density at radius 1 is 1.09 bits per heavy atom. The maximum absolute atomic E-state index is 9.10. The van der Waals surface area contributed by atoms with E-state index < -0.39 is 11.9 Å². The number of carbonyl (C=O) groups is 2. The van der Waals surface area contributed by atoms with Gasteiger partial charge in [-0.3, -0.25) is 4.90 Å². The summed E-state index contributed by atoms with van der Waals surface area (Å²) in [4.78, 5) is 20.6. The number of aliphatic carboxylic acids is 2. The van der Waals surface area contributed by atoms with Gasteiger partial charge < -0.3 is 10.2 Å². The molecule has 0 saturated carbocycles. The van der Waals surface area contributed by atoms with E-state index in [1.54, 1.807) is 0 Å². The lowest BCUT2D eigenvalue weighted by molar-refractivity contribution is -0.159. The highest BCUT2D eigenvalue weighted by molar-refractivity contribution is 8.17. The summed E-state index contributed by atoms with van der Waals surface area (Å²) in [5.41, 5.74) is 0. The first-order valence-corrected chi connectivity index (χ1v) is 9.98. The molecule has 0 aromatic carbocycles. The van der Waals surface area contributed by atoms with Crippen molar-refractivity contribution in [2.45, 2.75) is 44.1 Å². The van der Waals surface area contributed by atoms with Gasteiger partial charge in [0.25, 0.3) is 0 Å². The third-order valence-corrected chi connectivity index (χ3v) is 6.22. The Kier molecular flexibility index (Phi) is 14.2. The smallest absolute Gasteiger partial charge is 0.414 e. The predicted octanol–water partition coefficient (Wildman–Crippen LogP) is 2.85. The lowest BCUT2D eigenvalue weighted by atomic mass is 10.2. The van der Waals surface area contributed by atoms with E-state index in [0.29, 0.717) is 0 Å². The Bertz CT molecular complexity index is 385. The number of unbranched alkanes of at least 4 members (excludes halogenated alkanes) is 1. The Morgan fingerprint density at radius 2 is 1.65 bits per heavy atom.